The maximum absolute atomic E-state index is 2.37. The standard InChI is InChI=1S/C51H36/c1-51(2)49-16-10-9-15-46(49)48-26-25-45-44-23-21-37(27-39(44)22-24-47(45)50(48)51)36-19-17-35-18-20-38(29-40(35)28-36)43-31-41(33-11-5-3-6-12-33)30-42(32-43)34-13-7-4-8-14-34/h3-32H,1-2H3. The predicted octanol–water partition coefficient (Wildman–Crippen LogP) is 14.1. The maximum atomic E-state index is 2.37. The highest BCUT2D eigenvalue weighted by atomic mass is 14.4. The molecule has 0 heterocycles. The normalized spacial score (nSPS) is 13.1. The molecule has 0 aromatic heterocycles. The van der Waals surface area contributed by atoms with Gasteiger partial charge in [-0.05, 0) is 135 Å². The molecule has 0 bridgehead atoms. The van der Waals surface area contributed by atoms with Crippen molar-refractivity contribution >= 4 is 32.3 Å². The lowest BCUT2D eigenvalue weighted by Gasteiger charge is -2.23. The van der Waals surface area contributed by atoms with Crippen LogP contribution in [-0.2, 0) is 5.41 Å². The van der Waals surface area contributed by atoms with Gasteiger partial charge in [0.25, 0.3) is 0 Å². The lowest BCUT2D eigenvalue weighted by atomic mass is 9.79. The van der Waals surface area contributed by atoms with Crippen LogP contribution in [-0.4, -0.2) is 0 Å². The Morgan fingerprint density at radius 3 is 1.45 bits per heavy atom. The minimum absolute atomic E-state index is 0.0328. The average Bonchev–Trinajstić information content (AvgIpc) is 3.43. The molecule has 0 heteroatoms. The van der Waals surface area contributed by atoms with Gasteiger partial charge in [0.15, 0.2) is 0 Å². The summed E-state index contributed by atoms with van der Waals surface area (Å²) in [6.07, 6.45) is 0. The number of hydrogen-bond donors (Lipinski definition) is 0. The van der Waals surface area contributed by atoms with Crippen LogP contribution in [0.25, 0.3) is 88.0 Å². The first-order chi connectivity index (χ1) is 25.0. The van der Waals surface area contributed by atoms with Gasteiger partial charge in [-0.15, -0.1) is 0 Å². The Morgan fingerprint density at radius 2 is 0.784 bits per heavy atom. The summed E-state index contributed by atoms with van der Waals surface area (Å²) in [5.41, 5.74) is 15.4. The topological polar surface area (TPSA) is 0 Å². The van der Waals surface area contributed by atoms with Gasteiger partial charge in [0.1, 0.15) is 0 Å². The summed E-state index contributed by atoms with van der Waals surface area (Å²) in [7, 11) is 0. The fourth-order valence-electron chi connectivity index (χ4n) is 8.62. The molecule has 0 spiro atoms. The van der Waals surface area contributed by atoms with Gasteiger partial charge in [0.2, 0.25) is 0 Å². The zero-order valence-corrected chi connectivity index (χ0v) is 28.8. The molecule has 0 saturated carbocycles. The maximum Gasteiger partial charge on any atom is 0.0165 e. The summed E-state index contributed by atoms with van der Waals surface area (Å²) in [6, 6.07) is 67.4. The Hall–Kier alpha value is -6.24. The predicted molar refractivity (Wildman–Crippen MR) is 218 cm³/mol. The van der Waals surface area contributed by atoms with Crippen molar-refractivity contribution in [2.45, 2.75) is 19.3 Å². The third kappa shape index (κ3) is 4.83. The molecular formula is C51H36. The molecule has 1 aliphatic carbocycles. The Labute approximate surface area is 299 Å². The van der Waals surface area contributed by atoms with Crippen molar-refractivity contribution in [3.8, 4) is 55.6 Å². The van der Waals surface area contributed by atoms with Crippen LogP contribution in [0.1, 0.15) is 25.0 Å². The molecule has 9 aromatic rings. The van der Waals surface area contributed by atoms with E-state index in [4.69, 9.17) is 0 Å². The molecule has 0 saturated heterocycles. The summed E-state index contributed by atoms with van der Waals surface area (Å²) in [5, 5.41) is 7.75. The monoisotopic (exact) mass is 648 g/mol. The molecule has 0 N–H and O–H groups in total. The Kier molecular flexibility index (Phi) is 6.63. The molecule has 0 atom stereocenters. The summed E-state index contributed by atoms with van der Waals surface area (Å²) < 4.78 is 0. The van der Waals surface area contributed by atoms with Gasteiger partial charge < -0.3 is 0 Å². The second-order valence-corrected chi connectivity index (χ2v) is 14.6. The quantitative estimate of drug-likeness (QED) is 0.167. The Morgan fingerprint density at radius 1 is 0.294 bits per heavy atom. The zero-order chi connectivity index (χ0) is 34.1. The smallest absolute Gasteiger partial charge is 0.0165 e. The number of hydrogen-bond acceptors (Lipinski definition) is 0. The molecule has 1 aliphatic rings. The SMILES string of the molecule is CC1(C)c2ccccc2-c2ccc3c(ccc4cc(-c5ccc6ccc(-c7cc(-c8ccccc8)cc(-c8ccccc8)c7)cc6c5)ccc43)c21. The van der Waals surface area contributed by atoms with Gasteiger partial charge in [-0.3, -0.25) is 0 Å². The van der Waals surface area contributed by atoms with Gasteiger partial charge in [-0.25, -0.2) is 0 Å². The minimum Gasteiger partial charge on any atom is -0.0622 e. The van der Waals surface area contributed by atoms with Crippen LogP contribution in [0.3, 0.4) is 0 Å². The lowest BCUT2D eigenvalue weighted by Crippen LogP contribution is -2.15. The van der Waals surface area contributed by atoms with E-state index in [9.17, 15) is 0 Å². The minimum atomic E-state index is -0.0328. The van der Waals surface area contributed by atoms with Gasteiger partial charge in [-0.2, -0.15) is 0 Å². The highest BCUT2D eigenvalue weighted by Crippen LogP contribution is 2.52. The van der Waals surface area contributed by atoms with Crippen molar-refractivity contribution in [2.24, 2.45) is 0 Å². The van der Waals surface area contributed by atoms with Gasteiger partial charge >= 0.3 is 0 Å². The molecule has 0 fully saturated rings. The zero-order valence-electron chi connectivity index (χ0n) is 28.8. The van der Waals surface area contributed by atoms with E-state index in [0.29, 0.717) is 0 Å². The number of benzene rings is 9. The average molecular weight is 649 g/mol. The molecular weight excluding hydrogens is 613 g/mol. The highest BCUT2D eigenvalue weighted by molar-refractivity contribution is 6.12. The van der Waals surface area contributed by atoms with E-state index in [1.54, 1.807) is 0 Å². The molecule has 51 heavy (non-hydrogen) atoms. The van der Waals surface area contributed by atoms with E-state index in [1.165, 1.54) is 99.1 Å². The molecule has 0 radical (unpaired) electrons. The first kappa shape index (κ1) is 29.7. The second kappa shape index (κ2) is 11.4. The van der Waals surface area contributed by atoms with Crippen LogP contribution in [0.2, 0.25) is 0 Å². The van der Waals surface area contributed by atoms with E-state index in [1.807, 2.05) is 0 Å². The fraction of sp³-hybridized carbons (Fsp3) is 0.0588. The van der Waals surface area contributed by atoms with Gasteiger partial charge in [0.05, 0.1) is 0 Å². The number of fused-ring (bicyclic) bond motifs is 8. The van der Waals surface area contributed by atoms with Crippen molar-refractivity contribution in [1.82, 2.24) is 0 Å². The van der Waals surface area contributed by atoms with Crippen LogP contribution < -0.4 is 0 Å². The fourth-order valence-corrected chi connectivity index (χ4v) is 8.62. The second-order valence-electron chi connectivity index (χ2n) is 14.6. The largest absolute Gasteiger partial charge is 0.0622 e. The Bertz CT molecular complexity index is 2750. The summed E-state index contributed by atoms with van der Waals surface area (Å²) in [5.74, 6) is 0. The number of rotatable bonds is 4. The molecule has 0 aliphatic heterocycles. The molecule has 0 nitrogen and oxygen atoms in total. The summed E-state index contributed by atoms with van der Waals surface area (Å²) in [6.45, 7) is 4.75. The molecule has 9 aromatic carbocycles. The van der Waals surface area contributed by atoms with Crippen molar-refractivity contribution < 1.29 is 0 Å². The summed E-state index contributed by atoms with van der Waals surface area (Å²) in [4.78, 5) is 0. The van der Waals surface area contributed by atoms with Crippen molar-refractivity contribution in [2.75, 3.05) is 0 Å². The van der Waals surface area contributed by atoms with Gasteiger partial charge in [-0.1, -0.05) is 159 Å². The lowest BCUT2D eigenvalue weighted by molar-refractivity contribution is 0.666. The van der Waals surface area contributed by atoms with Gasteiger partial charge in [0, 0.05) is 5.41 Å². The van der Waals surface area contributed by atoms with Crippen molar-refractivity contribution in [3.63, 3.8) is 0 Å². The van der Waals surface area contributed by atoms with Crippen LogP contribution in [0, 0.1) is 0 Å². The van der Waals surface area contributed by atoms with Crippen LogP contribution in [0.5, 0.6) is 0 Å². The van der Waals surface area contributed by atoms with E-state index >= 15 is 0 Å². The summed E-state index contributed by atoms with van der Waals surface area (Å²) >= 11 is 0. The first-order valence-corrected chi connectivity index (χ1v) is 17.9. The molecule has 0 unspecified atom stereocenters. The molecule has 10 rings (SSSR count). The Balaban J connectivity index is 1.06. The van der Waals surface area contributed by atoms with Crippen molar-refractivity contribution in [3.05, 3.63) is 193 Å². The van der Waals surface area contributed by atoms with Crippen LogP contribution >= 0.6 is 0 Å². The third-order valence-corrected chi connectivity index (χ3v) is 11.2. The van der Waals surface area contributed by atoms with E-state index in [0.717, 1.165) is 0 Å². The molecule has 240 valence electrons. The van der Waals surface area contributed by atoms with E-state index in [-0.39, 0.29) is 5.41 Å². The third-order valence-electron chi connectivity index (χ3n) is 11.2. The van der Waals surface area contributed by atoms with Crippen LogP contribution in [0.4, 0.5) is 0 Å². The van der Waals surface area contributed by atoms with E-state index in [2.05, 4.69) is 196 Å². The first-order valence-electron chi connectivity index (χ1n) is 17.9. The highest BCUT2D eigenvalue weighted by Gasteiger charge is 2.36. The van der Waals surface area contributed by atoms with E-state index < -0.39 is 0 Å². The molecule has 0 amide bonds. The van der Waals surface area contributed by atoms with Crippen LogP contribution in [0.15, 0.2) is 182 Å². The van der Waals surface area contributed by atoms with Crippen molar-refractivity contribution in [1.29, 1.82) is 0 Å².